The first-order valence-electron chi connectivity index (χ1n) is 18.0. The lowest BCUT2D eigenvalue weighted by Gasteiger charge is -2.23. The van der Waals surface area contributed by atoms with Gasteiger partial charge in [-0.3, -0.25) is 0 Å². The Hall–Kier alpha value is -6.89. The van der Waals surface area contributed by atoms with Crippen LogP contribution in [0.1, 0.15) is 11.1 Å². The summed E-state index contributed by atoms with van der Waals surface area (Å²) in [6, 6.07) is 59.2. The molecule has 54 heavy (non-hydrogen) atoms. The second-order valence-corrected chi connectivity index (χ2v) is 14.6. The first-order chi connectivity index (χ1) is 26.7. The first kappa shape index (κ1) is 30.7. The number of hydrogen-bond donors (Lipinski definition) is 1. The van der Waals surface area contributed by atoms with Gasteiger partial charge in [0.05, 0.1) is 5.70 Å². The van der Waals surface area contributed by atoms with Gasteiger partial charge >= 0.3 is 0 Å². The van der Waals surface area contributed by atoms with Crippen molar-refractivity contribution in [2.45, 2.75) is 6.23 Å². The molecule has 0 saturated carbocycles. The molecule has 2 aromatic heterocycles. The third-order valence-corrected chi connectivity index (χ3v) is 11.6. The lowest BCUT2D eigenvalue weighted by Crippen LogP contribution is -2.46. The van der Waals surface area contributed by atoms with Crippen LogP contribution in [0.25, 0.3) is 76.7 Å². The highest BCUT2D eigenvalue weighted by molar-refractivity contribution is 7.26. The van der Waals surface area contributed by atoms with Crippen molar-refractivity contribution in [1.82, 2.24) is 20.3 Å². The van der Waals surface area contributed by atoms with Crippen LogP contribution in [-0.4, -0.2) is 21.2 Å². The van der Waals surface area contributed by atoms with Crippen LogP contribution in [0.15, 0.2) is 170 Å². The van der Waals surface area contributed by atoms with Crippen molar-refractivity contribution in [3.8, 4) is 51.0 Å². The molecule has 1 atom stereocenters. The minimum atomic E-state index is -0.260. The zero-order chi connectivity index (χ0) is 35.6. The predicted octanol–water partition coefficient (Wildman–Crippen LogP) is 9.58. The van der Waals surface area contributed by atoms with E-state index in [0.717, 1.165) is 55.6 Å². The lowest BCUT2D eigenvalue weighted by atomic mass is 9.96. The molecule has 2 aliphatic heterocycles. The van der Waals surface area contributed by atoms with Gasteiger partial charge in [0.2, 0.25) is 0 Å². The standard InChI is InChI=1S/C48H30N4OS/c1-2-12-29(13-3-1)32-14-10-15-33(28-32)46-50-45(51-47(52-46)39-21-11-20-37-34-16-7-9-23-41(34)54-44(37)39)31-26-24-30(25-27-31)43-36-18-5-4-17-35(36)42-38-19-6-8-22-40(38)53-48(42)49-43/h1-28,48-49H. The highest BCUT2D eigenvalue weighted by Crippen LogP contribution is 2.40. The molecule has 11 rings (SSSR count). The van der Waals surface area contributed by atoms with E-state index in [1.807, 2.05) is 18.2 Å². The molecule has 0 aliphatic carbocycles. The Labute approximate surface area is 315 Å². The van der Waals surface area contributed by atoms with Gasteiger partial charge in [0, 0.05) is 53.2 Å². The number of aromatic nitrogens is 3. The van der Waals surface area contributed by atoms with Gasteiger partial charge in [-0.1, -0.05) is 146 Å². The monoisotopic (exact) mass is 710 g/mol. The summed E-state index contributed by atoms with van der Waals surface area (Å²) >= 11 is 1.78. The molecule has 0 amide bonds. The fourth-order valence-electron chi connectivity index (χ4n) is 7.82. The number of benzene rings is 7. The van der Waals surface area contributed by atoms with Gasteiger partial charge in [-0.25, -0.2) is 15.0 Å². The Morgan fingerprint density at radius 3 is 1.98 bits per heavy atom. The third kappa shape index (κ3) is 5.03. The molecule has 7 aromatic carbocycles. The van der Waals surface area contributed by atoms with Gasteiger partial charge in [-0.05, 0) is 46.2 Å². The minimum Gasteiger partial charge on any atom is -0.466 e. The summed E-state index contributed by atoms with van der Waals surface area (Å²) in [5.74, 6) is 2.81. The van der Waals surface area contributed by atoms with Gasteiger partial charge < -0.3 is 10.1 Å². The van der Waals surface area contributed by atoms with Crippen molar-refractivity contribution >= 4 is 42.8 Å². The van der Waals surface area contributed by atoms with E-state index in [-0.39, 0.29) is 6.23 Å². The van der Waals surface area contributed by atoms with Gasteiger partial charge in [0.25, 0.3) is 0 Å². The average Bonchev–Trinajstić information content (AvgIpc) is 3.82. The topological polar surface area (TPSA) is 59.9 Å². The largest absolute Gasteiger partial charge is 0.466 e. The van der Waals surface area contributed by atoms with Gasteiger partial charge in [-0.2, -0.15) is 0 Å². The number of hydrogen-bond acceptors (Lipinski definition) is 6. The van der Waals surface area contributed by atoms with Crippen LogP contribution in [0.2, 0.25) is 0 Å². The summed E-state index contributed by atoms with van der Waals surface area (Å²) in [6.45, 7) is 0. The second kappa shape index (κ2) is 12.4. The minimum absolute atomic E-state index is 0.260. The normalized spacial score (nSPS) is 14.3. The van der Waals surface area contributed by atoms with E-state index >= 15 is 0 Å². The van der Waals surface area contributed by atoms with Crippen LogP contribution in [0.4, 0.5) is 0 Å². The SMILES string of the molecule is c1ccc(-c2cccc(-c3nc(-c4ccc(C5=c6ccccc6=C6c7ccccc7OC6N5)cc4)nc(-c4cccc5c4sc4ccccc45)n3)c2)cc1. The van der Waals surface area contributed by atoms with Gasteiger partial charge in [-0.15, -0.1) is 11.3 Å². The number of nitrogens with zero attached hydrogens (tertiary/aromatic N) is 3. The maximum atomic E-state index is 6.41. The maximum Gasteiger partial charge on any atom is 0.197 e. The molecule has 0 saturated heterocycles. The van der Waals surface area contributed by atoms with Crippen LogP contribution in [0.3, 0.4) is 0 Å². The molecular formula is C48H30N4OS. The molecule has 1 unspecified atom stereocenters. The maximum absolute atomic E-state index is 6.41. The van der Waals surface area contributed by atoms with E-state index in [1.165, 1.54) is 31.0 Å². The fraction of sp³-hybridized carbons (Fsp3) is 0.0208. The van der Waals surface area contributed by atoms with Crippen LogP contribution < -0.4 is 20.5 Å². The molecule has 9 aromatic rings. The van der Waals surface area contributed by atoms with E-state index < -0.39 is 0 Å². The average molecular weight is 711 g/mol. The highest BCUT2D eigenvalue weighted by atomic mass is 32.1. The van der Waals surface area contributed by atoms with E-state index in [9.17, 15) is 0 Å². The second-order valence-electron chi connectivity index (χ2n) is 13.6. The number of rotatable bonds is 5. The molecule has 2 aliphatic rings. The molecule has 0 fully saturated rings. The zero-order valence-electron chi connectivity index (χ0n) is 28.9. The summed E-state index contributed by atoms with van der Waals surface area (Å²) in [7, 11) is 0. The molecule has 0 bridgehead atoms. The Balaban J connectivity index is 1.06. The van der Waals surface area contributed by atoms with Gasteiger partial charge in [0.1, 0.15) is 5.75 Å². The Bertz CT molecular complexity index is 3060. The van der Waals surface area contributed by atoms with E-state index in [4.69, 9.17) is 19.7 Å². The van der Waals surface area contributed by atoms with Crippen molar-refractivity contribution in [1.29, 1.82) is 0 Å². The van der Waals surface area contributed by atoms with Crippen molar-refractivity contribution in [3.63, 3.8) is 0 Å². The number of ether oxygens (including phenoxy) is 1. The van der Waals surface area contributed by atoms with Crippen LogP contribution in [-0.2, 0) is 0 Å². The smallest absolute Gasteiger partial charge is 0.197 e. The molecule has 0 radical (unpaired) electrons. The first-order valence-corrected chi connectivity index (χ1v) is 18.9. The molecule has 0 spiro atoms. The predicted molar refractivity (Wildman–Crippen MR) is 219 cm³/mol. The summed E-state index contributed by atoms with van der Waals surface area (Å²) in [5, 5.41) is 8.50. The third-order valence-electron chi connectivity index (χ3n) is 10.4. The number of para-hydroxylation sites is 1. The molecular weight excluding hydrogens is 681 g/mol. The van der Waals surface area contributed by atoms with Crippen LogP contribution in [0.5, 0.6) is 5.75 Å². The number of thiophene rings is 1. The summed E-state index contributed by atoms with van der Waals surface area (Å²) in [5.41, 5.74) is 9.51. The van der Waals surface area contributed by atoms with E-state index in [0.29, 0.717) is 17.5 Å². The Morgan fingerprint density at radius 2 is 1.09 bits per heavy atom. The highest BCUT2D eigenvalue weighted by Gasteiger charge is 2.32. The van der Waals surface area contributed by atoms with Crippen molar-refractivity contribution < 1.29 is 4.74 Å². The fourth-order valence-corrected chi connectivity index (χ4v) is 9.03. The summed E-state index contributed by atoms with van der Waals surface area (Å²) in [6.07, 6.45) is -0.260. The quantitative estimate of drug-likeness (QED) is 0.193. The lowest BCUT2D eigenvalue weighted by molar-refractivity contribution is 0.256. The zero-order valence-corrected chi connectivity index (χ0v) is 29.7. The van der Waals surface area contributed by atoms with Crippen LogP contribution >= 0.6 is 11.3 Å². The Morgan fingerprint density at radius 1 is 0.463 bits per heavy atom. The summed E-state index contributed by atoms with van der Waals surface area (Å²) < 4.78 is 8.82. The van der Waals surface area contributed by atoms with Crippen molar-refractivity contribution in [2.75, 3.05) is 0 Å². The summed E-state index contributed by atoms with van der Waals surface area (Å²) in [4.78, 5) is 15.5. The van der Waals surface area contributed by atoms with Crippen molar-refractivity contribution in [3.05, 3.63) is 191 Å². The van der Waals surface area contributed by atoms with E-state index in [1.54, 1.807) is 11.3 Å². The van der Waals surface area contributed by atoms with Crippen molar-refractivity contribution in [2.24, 2.45) is 0 Å². The number of nitrogens with one attached hydrogen (secondary N) is 1. The van der Waals surface area contributed by atoms with Crippen LogP contribution in [0, 0.1) is 0 Å². The number of fused-ring (bicyclic) bond motifs is 7. The molecule has 5 nitrogen and oxygen atoms in total. The van der Waals surface area contributed by atoms with E-state index in [2.05, 4.69) is 157 Å². The molecule has 254 valence electrons. The van der Waals surface area contributed by atoms with Gasteiger partial charge in [0.15, 0.2) is 23.7 Å². The molecule has 1 N–H and O–H groups in total. The molecule has 6 heteroatoms. The Kier molecular flexibility index (Phi) is 7.03. The molecule has 4 heterocycles.